The number of aromatic nitrogens is 1. The highest BCUT2D eigenvalue weighted by atomic mass is 16.5. The van der Waals surface area contributed by atoms with Gasteiger partial charge in [0.05, 0.1) is 19.1 Å². The summed E-state index contributed by atoms with van der Waals surface area (Å²) in [5, 5.41) is 19.9. The van der Waals surface area contributed by atoms with E-state index in [1.807, 2.05) is 0 Å². The first-order chi connectivity index (χ1) is 9.51. The zero-order chi connectivity index (χ0) is 14.7. The maximum atomic E-state index is 11.3. The van der Waals surface area contributed by atoms with E-state index < -0.39 is 18.2 Å². The fourth-order valence-electron chi connectivity index (χ4n) is 1.96. The molecule has 0 saturated carbocycles. The second-order valence-electron chi connectivity index (χ2n) is 4.48. The van der Waals surface area contributed by atoms with Crippen molar-refractivity contribution in [3.8, 4) is 0 Å². The van der Waals surface area contributed by atoms with Crippen molar-refractivity contribution in [1.82, 2.24) is 4.98 Å². The molecule has 0 amide bonds. The van der Waals surface area contributed by atoms with E-state index in [-0.39, 0.29) is 13.0 Å². The standard InChI is InChI=1S/C14H17NO5/c1-3-19-13(17)7-11(16)14(18)9-4-5-10-12(6-9)20-8(2)15-10/h4-6,11,14,16,18H,3,7H2,1-2H3. The van der Waals surface area contributed by atoms with E-state index in [9.17, 15) is 15.0 Å². The molecule has 0 aliphatic rings. The zero-order valence-corrected chi connectivity index (χ0v) is 11.4. The van der Waals surface area contributed by atoms with Crippen molar-refractivity contribution in [2.45, 2.75) is 32.5 Å². The Morgan fingerprint density at radius 3 is 2.90 bits per heavy atom. The van der Waals surface area contributed by atoms with Gasteiger partial charge in [-0.05, 0) is 24.6 Å². The van der Waals surface area contributed by atoms with Crippen LogP contribution < -0.4 is 0 Å². The minimum absolute atomic E-state index is 0.241. The largest absolute Gasteiger partial charge is 0.466 e. The number of aliphatic hydroxyl groups is 2. The summed E-state index contributed by atoms with van der Waals surface area (Å²) in [6.45, 7) is 3.65. The molecule has 20 heavy (non-hydrogen) atoms. The molecule has 0 aliphatic heterocycles. The zero-order valence-electron chi connectivity index (χ0n) is 11.4. The third kappa shape index (κ3) is 3.15. The Kier molecular flexibility index (Phi) is 4.36. The highest BCUT2D eigenvalue weighted by molar-refractivity contribution is 5.73. The minimum Gasteiger partial charge on any atom is -0.466 e. The maximum absolute atomic E-state index is 11.3. The predicted molar refractivity (Wildman–Crippen MR) is 71.0 cm³/mol. The van der Waals surface area contributed by atoms with E-state index in [1.165, 1.54) is 0 Å². The smallest absolute Gasteiger partial charge is 0.308 e. The van der Waals surface area contributed by atoms with Crippen molar-refractivity contribution in [2.75, 3.05) is 6.61 Å². The molecule has 2 rings (SSSR count). The quantitative estimate of drug-likeness (QED) is 0.805. The van der Waals surface area contributed by atoms with Crippen LogP contribution in [0.25, 0.3) is 11.1 Å². The number of aryl methyl sites for hydroxylation is 1. The lowest BCUT2D eigenvalue weighted by Crippen LogP contribution is -2.23. The fraction of sp³-hybridized carbons (Fsp3) is 0.429. The predicted octanol–water partition coefficient (Wildman–Crippen LogP) is 1.48. The average Bonchev–Trinajstić information content (AvgIpc) is 2.76. The highest BCUT2D eigenvalue weighted by Crippen LogP contribution is 2.24. The Morgan fingerprint density at radius 1 is 1.45 bits per heavy atom. The van der Waals surface area contributed by atoms with Gasteiger partial charge >= 0.3 is 5.97 Å². The SMILES string of the molecule is CCOC(=O)CC(O)C(O)c1ccc2nc(C)oc2c1. The summed E-state index contributed by atoms with van der Waals surface area (Å²) in [5.41, 5.74) is 1.67. The van der Waals surface area contributed by atoms with Crippen LogP contribution in [0.15, 0.2) is 22.6 Å². The summed E-state index contributed by atoms with van der Waals surface area (Å²) in [4.78, 5) is 15.4. The fourth-order valence-corrected chi connectivity index (χ4v) is 1.96. The number of oxazole rings is 1. The molecule has 0 saturated heterocycles. The summed E-state index contributed by atoms with van der Waals surface area (Å²) >= 11 is 0. The number of benzene rings is 1. The van der Waals surface area contributed by atoms with Crippen LogP contribution in [0.5, 0.6) is 0 Å². The first-order valence-corrected chi connectivity index (χ1v) is 6.40. The third-order valence-corrected chi connectivity index (χ3v) is 2.91. The van der Waals surface area contributed by atoms with Crippen LogP contribution >= 0.6 is 0 Å². The highest BCUT2D eigenvalue weighted by Gasteiger charge is 2.22. The van der Waals surface area contributed by atoms with Crippen molar-refractivity contribution >= 4 is 17.1 Å². The molecule has 1 heterocycles. The van der Waals surface area contributed by atoms with Crippen LogP contribution in [0.1, 0.15) is 30.9 Å². The number of rotatable bonds is 5. The second-order valence-corrected chi connectivity index (χ2v) is 4.48. The molecule has 0 bridgehead atoms. The first-order valence-electron chi connectivity index (χ1n) is 6.40. The molecule has 1 aromatic heterocycles. The van der Waals surface area contributed by atoms with E-state index in [0.29, 0.717) is 22.6 Å². The Hall–Kier alpha value is -1.92. The Bertz CT molecular complexity index is 607. The molecule has 2 unspecified atom stereocenters. The number of aliphatic hydroxyl groups excluding tert-OH is 2. The Labute approximate surface area is 116 Å². The normalized spacial score (nSPS) is 14.2. The van der Waals surface area contributed by atoms with Crippen molar-refractivity contribution in [3.63, 3.8) is 0 Å². The second kappa shape index (κ2) is 6.02. The van der Waals surface area contributed by atoms with E-state index in [4.69, 9.17) is 9.15 Å². The van der Waals surface area contributed by atoms with Crippen molar-refractivity contribution < 1.29 is 24.2 Å². The molecule has 2 aromatic rings. The number of carbonyl (C=O) groups is 1. The van der Waals surface area contributed by atoms with E-state index in [0.717, 1.165) is 0 Å². The molecule has 6 nitrogen and oxygen atoms in total. The van der Waals surface area contributed by atoms with Gasteiger partial charge in [0.1, 0.15) is 11.6 Å². The number of hydrogen-bond acceptors (Lipinski definition) is 6. The van der Waals surface area contributed by atoms with Gasteiger partial charge in [-0.1, -0.05) is 6.07 Å². The Morgan fingerprint density at radius 2 is 2.20 bits per heavy atom. The summed E-state index contributed by atoms with van der Waals surface area (Å²) in [6, 6.07) is 4.94. The molecular weight excluding hydrogens is 262 g/mol. The number of fused-ring (bicyclic) bond motifs is 1. The van der Waals surface area contributed by atoms with E-state index in [1.54, 1.807) is 32.0 Å². The van der Waals surface area contributed by atoms with Crippen LogP contribution in [-0.4, -0.2) is 33.9 Å². The van der Waals surface area contributed by atoms with Crippen molar-refractivity contribution in [3.05, 3.63) is 29.7 Å². The van der Waals surface area contributed by atoms with Crippen LogP contribution in [0.3, 0.4) is 0 Å². The monoisotopic (exact) mass is 279 g/mol. The van der Waals surface area contributed by atoms with E-state index >= 15 is 0 Å². The lowest BCUT2D eigenvalue weighted by Gasteiger charge is -2.17. The lowest BCUT2D eigenvalue weighted by atomic mass is 10.0. The summed E-state index contributed by atoms with van der Waals surface area (Å²) in [7, 11) is 0. The molecule has 6 heteroatoms. The molecule has 0 spiro atoms. The van der Waals surface area contributed by atoms with Gasteiger partial charge < -0.3 is 19.4 Å². The van der Waals surface area contributed by atoms with Crippen LogP contribution in [0, 0.1) is 6.92 Å². The number of ether oxygens (including phenoxy) is 1. The van der Waals surface area contributed by atoms with Gasteiger partial charge in [0.2, 0.25) is 0 Å². The molecule has 0 fully saturated rings. The van der Waals surface area contributed by atoms with Crippen LogP contribution in [0.4, 0.5) is 0 Å². The number of esters is 1. The van der Waals surface area contributed by atoms with Gasteiger partial charge in [-0.15, -0.1) is 0 Å². The van der Waals surface area contributed by atoms with Crippen molar-refractivity contribution in [1.29, 1.82) is 0 Å². The first kappa shape index (κ1) is 14.5. The molecule has 0 aliphatic carbocycles. The third-order valence-electron chi connectivity index (χ3n) is 2.91. The van der Waals surface area contributed by atoms with Gasteiger partial charge in [-0.25, -0.2) is 4.98 Å². The molecule has 2 N–H and O–H groups in total. The summed E-state index contributed by atoms with van der Waals surface area (Å²) in [6.07, 6.45) is -2.67. The van der Waals surface area contributed by atoms with Gasteiger partial charge in [0.15, 0.2) is 11.5 Å². The summed E-state index contributed by atoms with van der Waals surface area (Å²) < 4.78 is 10.1. The van der Waals surface area contributed by atoms with E-state index in [2.05, 4.69) is 4.98 Å². The number of carbonyl (C=O) groups excluding carboxylic acids is 1. The molecule has 2 atom stereocenters. The molecule has 108 valence electrons. The Balaban J connectivity index is 2.13. The topological polar surface area (TPSA) is 92.8 Å². The van der Waals surface area contributed by atoms with Crippen molar-refractivity contribution in [2.24, 2.45) is 0 Å². The molecular formula is C14H17NO5. The molecule has 0 radical (unpaired) electrons. The summed E-state index contributed by atoms with van der Waals surface area (Å²) in [5.74, 6) is -0.0191. The van der Waals surface area contributed by atoms with Gasteiger partial charge in [-0.2, -0.15) is 0 Å². The minimum atomic E-state index is -1.23. The number of nitrogens with zero attached hydrogens (tertiary/aromatic N) is 1. The van der Waals surface area contributed by atoms with Gasteiger partial charge in [-0.3, -0.25) is 4.79 Å². The average molecular weight is 279 g/mol. The maximum Gasteiger partial charge on any atom is 0.308 e. The van der Waals surface area contributed by atoms with Crippen LogP contribution in [0.2, 0.25) is 0 Å². The van der Waals surface area contributed by atoms with Gasteiger partial charge in [0.25, 0.3) is 0 Å². The van der Waals surface area contributed by atoms with Gasteiger partial charge in [0, 0.05) is 6.92 Å². The van der Waals surface area contributed by atoms with Crippen LogP contribution in [-0.2, 0) is 9.53 Å². The lowest BCUT2D eigenvalue weighted by molar-refractivity contribution is -0.147. The molecule has 1 aromatic carbocycles. The number of hydrogen-bond donors (Lipinski definition) is 2.